The molecule has 2 heterocycles. The fourth-order valence-electron chi connectivity index (χ4n) is 5.02. The van der Waals surface area contributed by atoms with Gasteiger partial charge in [-0.3, -0.25) is 0 Å². The Morgan fingerprint density at radius 1 is 1.00 bits per heavy atom. The third kappa shape index (κ3) is 8.69. The minimum absolute atomic E-state index is 0.0892. The van der Waals surface area contributed by atoms with Crippen LogP contribution >= 0.6 is 15.9 Å². The van der Waals surface area contributed by atoms with Crippen molar-refractivity contribution in [3.63, 3.8) is 0 Å². The van der Waals surface area contributed by atoms with Gasteiger partial charge in [0.1, 0.15) is 23.6 Å². The average Bonchev–Trinajstić information content (AvgIpc) is 3.58. The zero-order valence-corrected chi connectivity index (χ0v) is 27.7. The molecule has 0 atom stereocenters. The first-order chi connectivity index (χ1) is 22.2. The predicted molar refractivity (Wildman–Crippen MR) is 181 cm³/mol. The zero-order valence-electron chi connectivity index (χ0n) is 25.3. The topological polar surface area (TPSA) is 147 Å². The lowest BCUT2D eigenvalue weighted by molar-refractivity contribution is -0.641. The van der Waals surface area contributed by atoms with Crippen molar-refractivity contribution in [3.8, 4) is 22.6 Å². The minimum Gasteiger partial charge on any atom is -0.594 e. The molecule has 0 bridgehead atoms. The van der Waals surface area contributed by atoms with E-state index in [9.17, 15) is 13.6 Å². The molecule has 0 amide bonds. The molecule has 0 radical (unpaired) electrons. The van der Waals surface area contributed by atoms with Gasteiger partial charge in [-0.1, -0.05) is 58.4 Å². The maximum absolute atomic E-state index is 12.1. The highest BCUT2D eigenvalue weighted by atomic mass is 79.9. The Balaban J connectivity index is 0.000000200. The lowest BCUT2D eigenvalue weighted by atomic mass is 10.0. The van der Waals surface area contributed by atoms with Gasteiger partial charge in [-0.25, -0.2) is 18.1 Å². The SMILES string of the molecule is COc1cc2nc(N)n[n+]([O-])c2cc1-c1cccc(OCc2ccccc2)c1.O=S(=O)(NCCN1CCCC1)c1ccc(Br)cc1. The third-order valence-electron chi connectivity index (χ3n) is 7.37. The molecule has 1 saturated heterocycles. The molecule has 240 valence electrons. The second-order valence-corrected chi connectivity index (χ2v) is 13.3. The quantitative estimate of drug-likeness (QED) is 0.153. The summed E-state index contributed by atoms with van der Waals surface area (Å²) in [5, 5.41) is 15.8. The van der Waals surface area contributed by atoms with Crippen LogP contribution in [-0.4, -0.2) is 56.7 Å². The van der Waals surface area contributed by atoms with Crippen molar-refractivity contribution in [2.45, 2.75) is 24.3 Å². The van der Waals surface area contributed by atoms with Gasteiger partial charge in [-0.15, -0.1) is 0 Å². The summed E-state index contributed by atoms with van der Waals surface area (Å²) in [7, 11) is -1.80. The number of likely N-dealkylation sites (tertiary alicyclic amines) is 1. The Kier molecular flexibility index (Phi) is 11.0. The Hall–Kier alpha value is -4.30. The summed E-state index contributed by atoms with van der Waals surface area (Å²) in [6, 6.07) is 27.6. The van der Waals surface area contributed by atoms with E-state index >= 15 is 0 Å². The largest absolute Gasteiger partial charge is 0.594 e. The Bertz CT molecular complexity index is 1870. The van der Waals surface area contributed by atoms with Gasteiger partial charge in [0.25, 0.3) is 11.5 Å². The van der Waals surface area contributed by atoms with Crippen molar-refractivity contribution < 1.29 is 22.7 Å². The summed E-state index contributed by atoms with van der Waals surface area (Å²) in [5.41, 5.74) is 8.95. The fraction of sp³-hybridized carbons (Fsp3) is 0.242. The van der Waals surface area contributed by atoms with Crippen LogP contribution in [0.5, 0.6) is 11.5 Å². The fourth-order valence-corrected chi connectivity index (χ4v) is 6.31. The predicted octanol–water partition coefficient (Wildman–Crippen LogP) is 4.92. The highest BCUT2D eigenvalue weighted by Crippen LogP contribution is 2.34. The molecule has 1 fully saturated rings. The summed E-state index contributed by atoms with van der Waals surface area (Å²) in [5.74, 6) is 1.20. The molecule has 0 spiro atoms. The number of methoxy groups -OCH3 is 1. The van der Waals surface area contributed by atoms with Gasteiger partial charge in [-0.2, -0.15) is 0 Å². The number of ether oxygens (including phenoxy) is 2. The van der Waals surface area contributed by atoms with E-state index in [2.05, 4.69) is 35.6 Å². The summed E-state index contributed by atoms with van der Waals surface area (Å²) in [6.45, 7) is 3.89. The third-order valence-corrected chi connectivity index (χ3v) is 9.37. The zero-order chi connectivity index (χ0) is 32.5. The van der Waals surface area contributed by atoms with Crippen molar-refractivity contribution in [1.29, 1.82) is 0 Å². The van der Waals surface area contributed by atoms with Gasteiger partial charge in [0, 0.05) is 35.3 Å². The van der Waals surface area contributed by atoms with Crippen molar-refractivity contribution in [2.75, 3.05) is 39.0 Å². The van der Waals surface area contributed by atoms with Gasteiger partial charge in [-0.05, 0) is 78.3 Å². The number of aromatic nitrogens is 3. The van der Waals surface area contributed by atoms with Crippen LogP contribution in [0.2, 0.25) is 0 Å². The summed E-state index contributed by atoms with van der Waals surface area (Å²) < 4.78 is 38.9. The molecular weight excluding hydrogens is 672 g/mol. The maximum atomic E-state index is 12.1. The molecule has 13 heteroatoms. The lowest BCUT2D eigenvalue weighted by Gasteiger charge is -2.14. The van der Waals surface area contributed by atoms with E-state index in [0.29, 0.717) is 45.4 Å². The van der Waals surface area contributed by atoms with Crippen LogP contribution in [0.1, 0.15) is 18.4 Å². The number of rotatable bonds is 10. The van der Waals surface area contributed by atoms with Gasteiger partial charge in [0.2, 0.25) is 10.0 Å². The van der Waals surface area contributed by atoms with Gasteiger partial charge in [0.05, 0.1) is 17.1 Å². The maximum Gasteiger partial charge on any atom is 0.288 e. The summed E-state index contributed by atoms with van der Waals surface area (Å²) in [4.78, 5) is 7.16. The van der Waals surface area contributed by atoms with Crippen LogP contribution in [-0.2, 0) is 16.6 Å². The Morgan fingerprint density at radius 3 is 2.46 bits per heavy atom. The first-order valence-corrected chi connectivity index (χ1v) is 17.0. The molecule has 1 aliphatic heterocycles. The second kappa shape index (κ2) is 15.3. The number of fused-ring (bicyclic) bond motifs is 1. The summed E-state index contributed by atoms with van der Waals surface area (Å²) >= 11 is 3.29. The number of benzene rings is 4. The van der Waals surface area contributed by atoms with E-state index in [0.717, 1.165) is 40.8 Å². The van der Waals surface area contributed by atoms with Crippen molar-refractivity contribution >= 4 is 42.9 Å². The highest BCUT2D eigenvalue weighted by molar-refractivity contribution is 9.10. The van der Waals surface area contributed by atoms with E-state index in [4.69, 9.17) is 15.2 Å². The molecule has 11 nitrogen and oxygen atoms in total. The molecule has 0 unspecified atom stereocenters. The number of nitrogens with one attached hydrogen (secondary N) is 1. The first-order valence-electron chi connectivity index (χ1n) is 14.7. The summed E-state index contributed by atoms with van der Waals surface area (Å²) in [6.07, 6.45) is 2.44. The number of nitrogens with two attached hydrogens (primary N) is 1. The number of anilines is 1. The van der Waals surface area contributed by atoms with Gasteiger partial charge < -0.3 is 25.3 Å². The second-order valence-electron chi connectivity index (χ2n) is 10.6. The molecule has 3 N–H and O–H groups in total. The molecule has 1 aliphatic rings. The molecule has 5 aromatic rings. The van der Waals surface area contributed by atoms with Crippen LogP contribution < -0.4 is 24.8 Å². The molecular formula is C33H35BrN6O5S. The van der Waals surface area contributed by atoms with Crippen LogP contribution in [0.15, 0.2) is 100 Å². The molecule has 4 aromatic carbocycles. The number of nitrogens with zero attached hydrogens (tertiary/aromatic N) is 4. The smallest absolute Gasteiger partial charge is 0.288 e. The Labute approximate surface area is 276 Å². The number of halogens is 1. The number of nitrogen functional groups attached to an aromatic ring is 1. The first kappa shape index (κ1) is 33.1. The normalized spacial score (nSPS) is 13.3. The lowest BCUT2D eigenvalue weighted by Crippen LogP contribution is -2.33. The molecule has 6 rings (SSSR count). The monoisotopic (exact) mass is 706 g/mol. The van der Waals surface area contributed by atoms with E-state index in [1.54, 1.807) is 43.5 Å². The van der Waals surface area contributed by atoms with E-state index < -0.39 is 10.0 Å². The van der Waals surface area contributed by atoms with Crippen LogP contribution in [0, 0.1) is 5.21 Å². The van der Waals surface area contributed by atoms with Crippen molar-refractivity contribution in [1.82, 2.24) is 19.7 Å². The van der Waals surface area contributed by atoms with Crippen LogP contribution in [0.25, 0.3) is 22.2 Å². The van der Waals surface area contributed by atoms with Crippen molar-refractivity contribution in [2.24, 2.45) is 0 Å². The Morgan fingerprint density at radius 2 is 1.74 bits per heavy atom. The van der Waals surface area contributed by atoms with E-state index in [1.165, 1.54) is 12.8 Å². The molecule has 0 saturated carbocycles. The highest BCUT2D eigenvalue weighted by Gasteiger charge is 2.17. The molecule has 46 heavy (non-hydrogen) atoms. The van der Waals surface area contributed by atoms with Crippen LogP contribution in [0.3, 0.4) is 0 Å². The molecule has 0 aliphatic carbocycles. The van der Waals surface area contributed by atoms with Gasteiger partial charge in [0.15, 0.2) is 0 Å². The van der Waals surface area contributed by atoms with Crippen molar-refractivity contribution in [3.05, 3.63) is 106 Å². The number of hydrogen-bond donors (Lipinski definition) is 2. The number of hydrogen-bond acceptors (Lipinski definition) is 9. The van der Waals surface area contributed by atoms with E-state index in [1.807, 2.05) is 54.6 Å². The number of sulfonamides is 1. The van der Waals surface area contributed by atoms with E-state index in [-0.39, 0.29) is 5.95 Å². The van der Waals surface area contributed by atoms with Crippen LogP contribution in [0.4, 0.5) is 5.95 Å². The standard InChI is InChI=1S/C21H18N4O3.C12H17BrN2O2S/c1-27-20-12-18-19(25(26)24-21(22)23-18)11-17(20)15-8-5-9-16(10-15)28-13-14-6-3-2-4-7-14;13-11-3-5-12(6-4-11)18(16,17)14-7-10-15-8-1-2-9-15/h2-12H,13H2,1H3,(H2,22,23,24);3-6,14H,1-2,7-10H2. The van der Waals surface area contributed by atoms with Gasteiger partial charge >= 0.3 is 0 Å². The minimum atomic E-state index is -3.37. The average molecular weight is 708 g/mol. The molecule has 1 aromatic heterocycles.